The molecule has 0 radical (unpaired) electrons. The van der Waals surface area contributed by atoms with Gasteiger partial charge in [0.1, 0.15) is 0 Å². The van der Waals surface area contributed by atoms with Crippen molar-refractivity contribution in [2.24, 2.45) is 10.4 Å². The molecule has 136 valence electrons. The maximum absolute atomic E-state index is 5.59. The average Bonchev–Trinajstić information content (AvgIpc) is 2.52. The third kappa shape index (κ3) is 7.32. The van der Waals surface area contributed by atoms with Crippen LogP contribution >= 0.6 is 0 Å². The van der Waals surface area contributed by atoms with Gasteiger partial charge in [-0.3, -0.25) is 0 Å². The van der Waals surface area contributed by atoms with Crippen LogP contribution in [-0.2, 0) is 22.6 Å². The Balaban J connectivity index is 2.70. The van der Waals surface area contributed by atoms with E-state index in [1.54, 1.807) is 14.2 Å². The fourth-order valence-corrected chi connectivity index (χ4v) is 2.43. The Hall–Kier alpha value is -1.59. The molecular weight excluding hydrogens is 302 g/mol. The van der Waals surface area contributed by atoms with E-state index in [9.17, 15) is 0 Å². The largest absolute Gasteiger partial charge is 0.380 e. The first-order chi connectivity index (χ1) is 11.4. The van der Waals surface area contributed by atoms with E-state index >= 15 is 0 Å². The quantitative estimate of drug-likeness (QED) is 0.566. The van der Waals surface area contributed by atoms with Gasteiger partial charge in [0.2, 0.25) is 0 Å². The van der Waals surface area contributed by atoms with Crippen LogP contribution < -0.4 is 10.6 Å². The van der Waals surface area contributed by atoms with E-state index < -0.39 is 0 Å². The molecule has 1 aromatic carbocycles. The molecule has 1 unspecified atom stereocenters. The number of rotatable bonds is 8. The molecule has 1 aromatic rings. The molecule has 0 aliphatic heterocycles. The lowest BCUT2D eigenvalue weighted by molar-refractivity contribution is 0.0205. The van der Waals surface area contributed by atoms with Crippen molar-refractivity contribution in [2.75, 3.05) is 27.3 Å². The molecule has 0 aromatic heterocycles. The number of guanidine groups is 1. The second kappa shape index (κ2) is 10.3. The molecule has 24 heavy (non-hydrogen) atoms. The third-order valence-electron chi connectivity index (χ3n) is 3.77. The van der Waals surface area contributed by atoms with Gasteiger partial charge in [0.25, 0.3) is 0 Å². The predicted molar refractivity (Wildman–Crippen MR) is 100 cm³/mol. The van der Waals surface area contributed by atoms with Gasteiger partial charge >= 0.3 is 0 Å². The molecule has 0 fully saturated rings. The molecular formula is C19H33N3O2. The molecule has 0 bridgehead atoms. The Morgan fingerprint density at radius 1 is 1.17 bits per heavy atom. The van der Waals surface area contributed by atoms with Crippen LogP contribution in [0, 0.1) is 5.41 Å². The number of aliphatic imine (C=N–C) groups is 1. The van der Waals surface area contributed by atoms with Gasteiger partial charge in [-0.15, -0.1) is 0 Å². The number of methoxy groups -OCH3 is 2. The van der Waals surface area contributed by atoms with E-state index in [0.29, 0.717) is 13.2 Å². The van der Waals surface area contributed by atoms with Gasteiger partial charge in [0, 0.05) is 27.3 Å². The van der Waals surface area contributed by atoms with Crippen LogP contribution in [0.25, 0.3) is 0 Å². The minimum absolute atomic E-state index is 0.0769. The van der Waals surface area contributed by atoms with Gasteiger partial charge in [0.05, 0.1) is 19.3 Å². The molecule has 1 atom stereocenters. The second-order valence-electron chi connectivity index (χ2n) is 6.92. The van der Waals surface area contributed by atoms with Gasteiger partial charge in [0.15, 0.2) is 5.96 Å². The first kappa shape index (κ1) is 20.5. The lowest BCUT2D eigenvalue weighted by Crippen LogP contribution is -2.45. The molecule has 0 amide bonds. The fourth-order valence-electron chi connectivity index (χ4n) is 2.43. The number of hydrogen-bond acceptors (Lipinski definition) is 3. The van der Waals surface area contributed by atoms with Gasteiger partial charge in [-0.25, -0.2) is 4.99 Å². The van der Waals surface area contributed by atoms with Crippen molar-refractivity contribution in [3.63, 3.8) is 0 Å². The highest BCUT2D eigenvalue weighted by Gasteiger charge is 2.24. The van der Waals surface area contributed by atoms with E-state index in [1.165, 1.54) is 5.56 Å². The zero-order chi connectivity index (χ0) is 18.0. The second-order valence-corrected chi connectivity index (χ2v) is 6.92. The Morgan fingerprint density at radius 3 is 2.46 bits per heavy atom. The molecule has 5 nitrogen and oxygen atoms in total. The number of ether oxygens (including phenoxy) is 2. The van der Waals surface area contributed by atoms with Crippen molar-refractivity contribution in [2.45, 2.75) is 47.0 Å². The van der Waals surface area contributed by atoms with Crippen molar-refractivity contribution in [1.29, 1.82) is 0 Å². The number of nitrogens with zero attached hydrogens (tertiary/aromatic N) is 1. The summed E-state index contributed by atoms with van der Waals surface area (Å²) in [5.74, 6) is 0.806. The Labute approximate surface area is 146 Å². The first-order valence-electron chi connectivity index (χ1n) is 8.52. The summed E-state index contributed by atoms with van der Waals surface area (Å²) in [5.41, 5.74) is 2.41. The minimum Gasteiger partial charge on any atom is -0.380 e. The topological polar surface area (TPSA) is 54.9 Å². The van der Waals surface area contributed by atoms with E-state index in [2.05, 4.69) is 61.5 Å². The van der Waals surface area contributed by atoms with E-state index in [1.807, 2.05) is 6.07 Å². The SMILES string of the molecule is CCNC(=NCc1cccc(COC)c1)NCC(OC)C(C)(C)C. The molecule has 5 heteroatoms. The highest BCUT2D eigenvalue weighted by molar-refractivity contribution is 5.79. The average molecular weight is 335 g/mol. The molecule has 2 N–H and O–H groups in total. The summed E-state index contributed by atoms with van der Waals surface area (Å²) in [5, 5.41) is 6.66. The summed E-state index contributed by atoms with van der Waals surface area (Å²) in [6.45, 7) is 11.4. The van der Waals surface area contributed by atoms with Crippen LogP contribution in [0.4, 0.5) is 0 Å². The summed E-state index contributed by atoms with van der Waals surface area (Å²) in [4.78, 5) is 4.67. The normalized spacial score (nSPS) is 13.7. The molecule has 1 rings (SSSR count). The first-order valence-corrected chi connectivity index (χ1v) is 8.52. The number of benzene rings is 1. The zero-order valence-electron chi connectivity index (χ0n) is 16.0. The smallest absolute Gasteiger partial charge is 0.191 e. The van der Waals surface area contributed by atoms with Crippen LogP contribution in [0.3, 0.4) is 0 Å². The summed E-state index contributed by atoms with van der Waals surface area (Å²) in [6.07, 6.45) is 0.117. The molecule has 0 aliphatic carbocycles. The third-order valence-corrected chi connectivity index (χ3v) is 3.77. The minimum atomic E-state index is 0.0769. The van der Waals surface area contributed by atoms with Crippen molar-refractivity contribution in [1.82, 2.24) is 10.6 Å². The zero-order valence-corrected chi connectivity index (χ0v) is 16.0. The van der Waals surface area contributed by atoms with Crippen molar-refractivity contribution < 1.29 is 9.47 Å². The highest BCUT2D eigenvalue weighted by Crippen LogP contribution is 2.20. The lowest BCUT2D eigenvalue weighted by atomic mass is 9.89. The molecule has 0 saturated carbocycles. The van der Waals surface area contributed by atoms with Crippen LogP contribution in [-0.4, -0.2) is 39.4 Å². The highest BCUT2D eigenvalue weighted by atomic mass is 16.5. The van der Waals surface area contributed by atoms with E-state index in [-0.39, 0.29) is 11.5 Å². The standard InChI is InChI=1S/C19H33N3O2/c1-7-20-18(22-13-17(24-6)19(2,3)4)21-12-15-9-8-10-16(11-15)14-23-5/h8-11,17H,7,12-14H2,1-6H3,(H2,20,21,22). The Bertz CT molecular complexity index is 510. The van der Waals surface area contributed by atoms with Crippen molar-refractivity contribution in [3.05, 3.63) is 35.4 Å². The van der Waals surface area contributed by atoms with Crippen LogP contribution in [0.5, 0.6) is 0 Å². The number of nitrogens with one attached hydrogen (secondary N) is 2. The summed E-state index contributed by atoms with van der Waals surface area (Å²) in [7, 11) is 3.46. The van der Waals surface area contributed by atoms with Crippen molar-refractivity contribution >= 4 is 5.96 Å². The fraction of sp³-hybridized carbons (Fsp3) is 0.632. The summed E-state index contributed by atoms with van der Waals surface area (Å²) in [6, 6.07) is 8.32. The van der Waals surface area contributed by atoms with Gasteiger partial charge in [-0.05, 0) is 23.5 Å². The maximum Gasteiger partial charge on any atom is 0.191 e. The van der Waals surface area contributed by atoms with Crippen LogP contribution in [0.2, 0.25) is 0 Å². The van der Waals surface area contributed by atoms with Crippen molar-refractivity contribution in [3.8, 4) is 0 Å². The van der Waals surface area contributed by atoms with Gasteiger partial charge in [-0.1, -0.05) is 45.0 Å². The summed E-state index contributed by atoms with van der Waals surface area (Å²) >= 11 is 0. The van der Waals surface area contributed by atoms with E-state index in [4.69, 9.17) is 9.47 Å². The molecule has 0 aliphatic rings. The lowest BCUT2D eigenvalue weighted by Gasteiger charge is -2.30. The molecule has 0 spiro atoms. The molecule has 0 saturated heterocycles. The monoisotopic (exact) mass is 335 g/mol. The molecule has 0 heterocycles. The Morgan fingerprint density at radius 2 is 1.88 bits per heavy atom. The van der Waals surface area contributed by atoms with Gasteiger partial charge < -0.3 is 20.1 Å². The maximum atomic E-state index is 5.59. The predicted octanol–water partition coefficient (Wildman–Crippen LogP) is 2.95. The van der Waals surface area contributed by atoms with Gasteiger partial charge in [-0.2, -0.15) is 0 Å². The van der Waals surface area contributed by atoms with Crippen LogP contribution in [0.1, 0.15) is 38.8 Å². The van der Waals surface area contributed by atoms with E-state index in [0.717, 1.165) is 24.6 Å². The van der Waals surface area contributed by atoms with Crippen LogP contribution in [0.15, 0.2) is 29.3 Å². The summed E-state index contributed by atoms with van der Waals surface area (Å²) < 4.78 is 10.8. The number of hydrogen-bond donors (Lipinski definition) is 2. The Kier molecular flexibility index (Phi) is 8.79.